The van der Waals surface area contributed by atoms with Crippen molar-refractivity contribution in [3.8, 4) is 5.75 Å². The molecule has 9 N–H and O–H groups in total. The van der Waals surface area contributed by atoms with Crippen LogP contribution in [0.5, 0.6) is 5.75 Å². The summed E-state index contributed by atoms with van der Waals surface area (Å²) in [6, 6.07) is 8.01. The first kappa shape index (κ1) is 27.9. The first-order valence-corrected chi connectivity index (χ1v) is 13.0. The molecule has 12 nitrogen and oxygen atoms in total. The standard InChI is InChI=1S/C29H29N3O9/c1-31-18-8-15(11-32-10-12-2-4-13(5-3-12)28(39)40)23(34)21-17(18)7-14-6-16-9-19(33)22(27(30)38)26(37)29(16,41)25(36)20(14)24(21)35/h2-5,8,14,16,31-32,34-35,37,41H,6-7,9-11H2,1H3,(H2,30,38)(H,39,40)/t14?,16?,29-/m0/s1. The number of phenolic OH excluding ortho intramolecular Hbond substituents is 1. The number of carboxylic acids is 1. The fourth-order valence-corrected chi connectivity index (χ4v) is 6.21. The summed E-state index contributed by atoms with van der Waals surface area (Å²) in [6.45, 7) is 0.494. The number of phenols is 1. The molecule has 0 aromatic heterocycles. The lowest BCUT2D eigenvalue weighted by Gasteiger charge is -2.46. The molecule has 3 aliphatic rings. The van der Waals surface area contributed by atoms with Gasteiger partial charge in [-0.2, -0.15) is 0 Å². The second-order valence-corrected chi connectivity index (χ2v) is 10.5. The van der Waals surface area contributed by atoms with E-state index >= 15 is 0 Å². The van der Waals surface area contributed by atoms with E-state index in [-0.39, 0.29) is 48.3 Å². The molecule has 2 unspecified atom stereocenters. The van der Waals surface area contributed by atoms with Crippen LogP contribution in [0.4, 0.5) is 5.69 Å². The molecule has 3 atom stereocenters. The quantitative estimate of drug-likeness (QED) is 0.178. The maximum absolute atomic E-state index is 13.7. The molecule has 3 aliphatic carbocycles. The number of ketones is 2. The molecule has 12 heteroatoms. The van der Waals surface area contributed by atoms with E-state index in [2.05, 4.69) is 10.6 Å². The SMILES string of the molecule is CNc1cc(CNCc2ccc(C(=O)O)cc2)c(O)c2c1CC1CC3CC(=O)C(C(N)=O)=C(O)[C@@]3(O)C(=O)C1=C2O. The first-order valence-electron chi connectivity index (χ1n) is 13.0. The summed E-state index contributed by atoms with van der Waals surface area (Å²) in [5.41, 5.74) is 4.07. The van der Waals surface area contributed by atoms with E-state index in [1.807, 2.05) is 0 Å². The van der Waals surface area contributed by atoms with Crippen LogP contribution in [0, 0.1) is 11.8 Å². The van der Waals surface area contributed by atoms with E-state index in [0.29, 0.717) is 23.4 Å². The summed E-state index contributed by atoms with van der Waals surface area (Å²) in [7, 11) is 1.67. The molecule has 2 aromatic carbocycles. The topological polar surface area (TPSA) is 220 Å². The largest absolute Gasteiger partial charge is 0.508 e. The van der Waals surface area contributed by atoms with Crippen LogP contribution in [0.15, 0.2) is 47.2 Å². The van der Waals surface area contributed by atoms with Gasteiger partial charge < -0.3 is 41.9 Å². The minimum atomic E-state index is -2.62. The number of aromatic hydroxyl groups is 1. The molecular formula is C29H29N3O9. The van der Waals surface area contributed by atoms with Crippen LogP contribution in [0.1, 0.15) is 45.5 Å². The summed E-state index contributed by atoms with van der Waals surface area (Å²) in [6.07, 6.45) is -0.131. The zero-order valence-electron chi connectivity index (χ0n) is 22.0. The maximum Gasteiger partial charge on any atom is 0.335 e. The van der Waals surface area contributed by atoms with Gasteiger partial charge in [-0.15, -0.1) is 0 Å². The van der Waals surface area contributed by atoms with Gasteiger partial charge in [0, 0.05) is 49.3 Å². The van der Waals surface area contributed by atoms with Crippen molar-refractivity contribution in [1.82, 2.24) is 5.32 Å². The fraction of sp³-hybridized carbons (Fsp3) is 0.310. The molecule has 41 heavy (non-hydrogen) atoms. The van der Waals surface area contributed by atoms with Crippen LogP contribution < -0.4 is 16.4 Å². The zero-order chi connectivity index (χ0) is 29.8. The van der Waals surface area contributed by atoms with Gasteiger partial charge in [-0.05, 0) is 48.1 Å². The number of nitrogens with two attached hydrogens (primary N) is 1. The van der Waals surface area contributed by atoms with E-state index in [4.69, 9.17) is 10.8 Å². The van der Waals surface area contributed by atoms with Gasteiger partial charge in [0.25, 0.3) is 5.91 Å². The van der Waals surface area contributed by atoms with Gasteiger partial charge in [0.1, 0.15) is 22.8 Å². The summed E-state index contributed by atoms with van der Waals surface area (Å²) < 4.78 is 0. The van der Waals surface area contributed by atoms with E-state index in [9.17, 15) is 39.6 Å². The third-order valence-corrected chi connectivity index (χ3v) is 8.26. The molecule has 0 spiro atoms. The normalized spacial score (nSPS) is 23.6. The van der Waals surface area contributed by atoms with Crippen molar-refractivity contribution in [2.75, 3.05) is 12.4 Å². The molecule has 0 heterocycles. The summed E-state index contributed by atoms with van der Waals surface area (Å²) in [5, 5.41) is 60.0. The number of aliphatic hydroxyl groups excluding tert-OH is 2. The number of hydrogen-bond acceptors (Lipinski definition) is 10. The summed E-state index contributed by atoms with van der Waals surface area (Å²) in [5.74, 6) is -7.74. The number of primary amides is 1. The fourth-order valence-electron chi connectivity index (χ4n) is 6.21. The highest BCUT2D eigenvalue weighted by atomic mass is 16.4. The number of nitrogens with one attached hydrogen (secondary N) is 2. The van der Waals surface area contributed by atoms with Crippen LogP contribution in [0.3, 0.4) is 0 Å². The van der Waals surface area contributed by atoms with E-state index in [1.54, 1.807) is 25.2 Å². The van der Waals surface area contributed by atoms with E-state index in [1.165, 1.54) is 12.1 Å². The van der Waals surface area contributed by atoms with Crippen LogP contribution >= 0.6 is 0 Å². The number of Topliss-reactive ketones (excluding diaryl/α,β-unsaturated/α-hetero) is 2. The third kappa shape index (κ3) is 4.32. The van der Waals surface area contributed by atoms with Gasteiger partial charge in [-0.3, -0.25) is 14.4 Å². The van der Waals surface area contributed by atoms with Crippen molar-refractivity contribution in [3.63, 3.8) is 0 Å². The number of carbonyl (C=O) groups is 4. The molecule has 1 saturated carbocycles. The van der Waals surface area contributed by atoms with Gasteiger partial charge in [0.15, 0.2) is 11.4 Å². The molecule has 0 aliphatic heterocycles. The number of benzene rings is 2. The highest BCUT2D eigenvalue weighted by molar-refractivity contribution is 6.22. The van der Waals surface area contributed by atoms with E-state index < -0.39 is 58.0 Å². The second kappa shape index (κ2) is 10.1. The Morgan fingerprint density at radius 3 is 2.37 bits per heavy atom. The molecule has 5 rings (SSSR count). The van der Waals surface area contributed by atoms with Crippen molar-refractivity contribution >= 4 is 34.9 Å². The molecule has 0 radical (unpaired) electrons. The smallest absolute Gasteiger partial charge is 0.335 e. The Labute approximate surface area is 233 Å². The minimum absolute atomic E-state index is 0.00610. The highest BCUT2D eigenvalue weighted by Gasteiger charge is 2.60. The lowest BCUT2D eigenvalue weighted by Crippen LogP contribution is -2.58. The number of aliphatic hydroxyl groups is 3. The maximum atomic E-state index is 13.7. The van der Waals surface area contributed by atoms with Crippen molar-refractivity contribution in [2.24, 2.45) is 17.6 Å². The van der Waals surface area contributed by atoms with Crippen LogP contribution in [0.25, 0.3) is 5.76 Å². The van der Waals surface area contributed by atoms with Crippen molar-refractivity contribution in [1.29, 1.82) is 0 Å². The Bertz CT molecular complexity index is 1570. The molecular weight excluding hydrogens is 534 g/mol. The highest BCUT2D eigenvalue weighted by Crippen LogP contribution is 2.53. The van der Waals surface area contributed by atoms with Gasteiger partial charge in [-0.1, -0.05) is 12.1 Å². The lowest BCUT2D eigenvalue weighted by molar-refractivity contribution is -0.147. The Balaban J connectivity index is 1.50. The second-order valence-electron chi connectivity index (χ2n) is 10.5. The van der Waals surface area contributed by atoms with Crippen molar-refractivity contribution < 1.29 is 44.7 Å². The average Bonchev–Trinajstić information content (AvgIpc) is 2.92. The Morgan fingerprint density at radius 2 is 1.76 bits per heavy atom. The van der Waals surface area contributed by atoms with Gasteiger partial charge in [0.2, 0.25) is 5.78 Å². The number of rotatable bonds is 7. The number of carbonyl (C=O) groups excluding carboxylic acids is 3. The minimum Gasteiger partial charge on any atom is -0.508 e. The van der Waals surface area contributed by atoms with Gasteiger partial charge in [-0.25, -0.2) is 4.79 Å². The number of hydrogen-bond donors (Lipinski definition) is 8. The van der Waals surface area contributed by atoms with E-state index in [0.717, 1.165) is 5.56 Å². The van der Waals surface area contributed by atoms with Gasteiger partial charge >= 0.3 is 5.97 Å². The van der Waals surface area contributed by atoms with Crippen LogP contribution in [0.2, 0.25) is 0 Å². The molecule has 1 fully saturated rings. The Hall–Kier alpha value is -4.68. The Kier molecular flexibility index (Phi) is 6.84. The monoisotopic (exact) mass is 563 g/mol. The van der Waals surface area contributed by atoms with Crippen molar-refractivity contribution in [2.45, 2.75) is 38.0 Å². The molecule has 2 aromatic rings. The number of anilines is 1. The third-order valence-electron chi connectivity index (χ3n) is 8.26. The number of fused-ring (bicyclic) bond motifs is 3. The molecule has 0 saturated heterocycles. The number of carboxylic acid groups (broad SMARTS) is 1. The predicted molar refractivity (Wildman–Crippen MR) is 145 cm³/mol. The van der Waals surface area contributed by atoms with Crippen molar-refractivity contribution in [3.05, 3.63) is 75.1 Å². The first-order chi connectivity index (χ1) is 19.4. The predicted octanol–water partition coefficient (Wildman–Crippen LogP) is 1.45. The zero-order valence-corrected chi connectivity index (χ0v) is 22.0. The van der Waals surface area contributed by atoms with Gasteiger partial charge in [0.05, 0.1) is 11.1 Å². The average molecular weight is 564 g/mol. The number of aromatic carboxylic acids is 1. The van der Waals surface area contributed by atoms with Crippen LogP contribution in [-0.4, -0.2) is 61.6 Å². The Morgan fingerprint density at radius 1 is 1.07 bits per heavy atom. The number of amides is 1. The lowest BCUT2D eigenvalue weighted by atomic mass is 9.59. The summed E-state index contributed by atoms with van der Waals surface area (Å²) in [4.78, 5) is 49.1. The molecule has 0 bridgehead atoms. The summed E-state index contributed by atoms with van der Waals surface area (Å²) >= 11 is 0. The molecule has 214 valence electrons. The molecule has 1 amide bonds. The van der Waals surface area contributed by atoms with Crippen LogP contribution in [-0.2, 0) is 33.9 Å².